The maximum atomic E-state index is 13.2. The highest BCUT2D eigenvalue weighted by atomic mass is 35.5. The molecule has 16 heavy (non-hydrogen) atoms. The topological polar surface area (TPSA) is 41.1 Å². The largest absolute Gasteiger partial charge is 0.324 e. The third kappa shape index (κ3) is 2.51. The van der Waals surface area contributed by atoms with Crippen molar-refractivity contribution in [2.75, 3.05) is 11.9 Å². The number of nitrogens with one attached hydrogen (secondary N) is 2. The lowest BCUT2D eigenvalue weighted by Gasteiger charge is -2.26. The Labute approximate surface area is 99.8 Å². The summed E-state index contributed by atoms with van der Waals surface area (Å²) >= 11 is 0. The molecule has 1 heterocycles. The van der Waals surface area contributed by atoms with E-state index in [0.29, 0.717) is 11.3 Å². The zero-order valence-electron chi connectivity index (χ0n) is 8.92. The summed E-state index contributed by atoms with van der Waals surface area (Å²) in [5.41, 5.74) is 1.03. The molecule has 2 rings (SSSR count). The first-order valence-electron chi connectivity index (χ1n) is 4.98. The van der Waals surface area contributed by atoms with Crippen molar-refractivity contribution in [2.24, 2.45) is 0 Å². The van der Waals surface area contributed by atoms with E-state index in [9.17, 15) is 9.18 Å². The minimum atomic E-state index is -0.297. The van der Waals surface area contributed by atoms with Gasteiger partial charge < -0.3 is 10.6 Å². The minimum Gasteiger partial charge on any atom is -0.324 e. The molecule has 1 aromatic carbocycles. The van der Waals surface area contributed by atoms with Crippen LogP contribution in [0, 0.1) is 12.7 Å². The summed E-state index contributed by atoms with van der Waals surface area (Å²) in [4.78, 5) is 11.6. The molecule has 1 amide bonds. The Morgan fingerprint density at radius 2 is 2.25 bits per heavy atom. The molecular formula is C11H14ClFN2O. The van der Waals surface area contributed by atoms with E-state index in [1.54, 1.807) is 19.1 Å². The van der Waals surface area contributed by atoms with Crippen molar-refractivity contribution < 1.29 is 9.18 Å². The van der Waals surface area contributed by atoms with Gasteiger partial charge in [0.1, 0.15) is 5.82 Å². The molecule has 1 atom stereocenters. The van der Waals surface area contributed by atoms with Gasteiger partial charge in [-0.1, -0.05) is 6.07 Å². The monoisotopic (exact) mass is 244 g/mol. The van der Waals surface area contributed by atoms with Gasteiger partial charge in [0.2, 0.25) is 5.91 Å². The highest BCUT2D eigenvalue weighted by Crippen LogP contribution is 2.18. The number of hydrogen-bond donors (Lipinski definition) is 2. The van der Waals surface area contributed by atoms with Crippen LogP contribution in [0.15, 0.2) is 18.2 Å². The second-order valence-corrected chi connectivity index (χ2v) is 3.70. The van der Waals surface area contributed by atoms with Crippen molar-refractivity contribution in [3.05, 3.63) is 29.6 Å². The van der Waals surface area contributed by atoms with Crippen LogP contribution >= 0.6 is 12.4 Å². The number of halogens is 2. The molecule has 88 valence electrons. The molecule has 1 aliphatic rings. The van der Waals surface area contributed by atoms with Crippen molar-refractivity contribution in [1.29, 1.82) is 0 Å². The van der Waals surface area contributed by atoms with Crippen molar-refractivity contribution in [1.82, 2.24) is 5.32 Å². The van der Waals surface area contributed by atoms with Crippen LogP contribution in [0.3, 0.4) is 0 Å². The second-order valence-electron chi connectivity index (χ2n) is 3.70. The van der Waals surface area contributed by atoms with Gasteiger partial charge in [-0.2, -0.15) is 0 Å². The molecule has 5 heteroatoms. The van der Waals surface area contributed by atoms with Gasteiger partial charge in [-0.15, -0.1) is 12.4 Å². The van der Waals surface area contributed by atoms with Crippen molar-refractivity contribution in [3.8, 4) is 0 Å². The smallest absolute Gasteiger partial charge is 0.241 e. The molecule has 0 saturated carbocycles. The van der Waals surface area contributed by atoms with Crippen LogP contribution in [-0.2, 0) is 4.79 Å². The fourth-order valence-electron chi connectivity index (χ4n) is 1.48. The average Bonchev–Trinajstić information content (AvgIpc) is 2.10. The van der Waals surface area contributed by atoms with Gasteiger partial charge in [0.05, 0.1) is 6.04 Å². The average molecular weight is 245 g/mol. The predicted molar refractivity (Wildman–Crippen MR) is 63.4 cm³/mol. The van der Waals surface area contributed by atoms with E-state index in [1.165, 1.54) is 6.07 Å². The maximum Gasteiger partial charge on any atom is 0.241 e. The van der Waals surface area contributed by atoms with Gasteiger partial charge in [0.25, 0.3) is 0 Å². The summed E-state index contributed by atoms with van der Waals surface area (Å²) in [6.07, 6.45) is 0.847. The quantitative estimate of drug-likeness (QED) is 0.834. The molecule has 2 N–H and O–H groups in total. The van der Waals surface area contributed by atoms with Crippen LogP contribution in [0.2, 0.25) is 0 Å². The predicted octanol–water partition coefficient (Wildman–Crippen LogP) is 1.86. The number of rotatable bonds is 2. The molecule has 0 unspecified atom stereocenters. The lowest BCUT2D eigenvalue weighted by Crippen LogP contribution is -2.50. The fourth-order valence-corrected chi connectivity index (χ4v) is 1.48. The Morgan fingerprint density at radius 3 is 2.81 bits per heavy atom. The van der Waals surface area contributed by atoms with Crippen LogP contribution in [0.4, 0.5) is 10.1 Å². The number of amides is 1. The Kier molecular flexibility index (Phi) is 4.26. The van der Waals surface area contributed by atoms with Crippen LogP contribution in [0.25, 0.3) is 0 Å². The highest BCUT2D eigenvalue weighted by molar-refractivity contribution is 5.96. The summed E-state index contributed by atoms with van der Waals surface area (Å²) in [5, 5.41) is 5.71. The molecule has 0 bridgehead atoms. The van der Waals surface area contributed by atoms with E-state index in [-0.39, 0.29) is 30.2 Å². The summed E-state index contributed by atoms with van der Waals surface area (Å²) in [7, 11) is 0. The van der Waals surface area contributed by atoms with Crippen LogP contribution in [0.1, 0.15) is 12.0 Å². The van der Waals surface area contributed by atoms with E-state index < -0.39 is 0 Å². The molecule has 0 radical (unpaired) electrons. The number of benzene rings is 1. The number of hydrogen-bond acceptors (Lipinski definition) is 2. The number of anilines is 1. The summed E-state index contributed by atoms with van der Waals surface area (Å²) in [6.45, 7) is 2.53. The van der Waals surface area contributed by atoms with Gasteiger partial charge in [0, 0.05) is 11.3 Å². The molecule has 1 fully saturated rings. The molecule has 1 aliphatic heterocycles. The first kappa shape index (κ1) is 12.9. The zero-order chi connectivity index (χ0) is 10.8. The van der Waals surface area contributed by atoms with Crippen LogP contribution < -0.4 is 10.6 Å². The summed E-state index contributed by atoms with van der Waals surface area (Å²) in [6, 6.07) is 4.56. The van der Waals surface area contributed by atoms with E-state index >= 15 is 0 Å². The van der Waals surface area contributed by atoms with Gasteiger partial charge in [0.15, 0.2) is 0 Å². The first-order chi connectivity index (χ1) is 7.18. The number of carbonyl (C=O) groups is 1. The third-order valence-corrected chi connectivity index (χ3v) is 2.67. The van der Waals surface area contributed by atoms with E-state index in [0.717, 1.165) is 13.0 Å². The summed E-state index contributed by atoms with van der Waals surface area (Å²) in [5.74, 6) is -0.385. The molecular weight excluding hydrogens is 231 g/mol. The third-order valence-electron chi connectivity index (χ3n) is 2.67. The Balaban J connectivity index is 0.00000128. The van der Waals surface area contributed by atoms with E-state index in [2.05, 4.69) is 10.6 Å². The van der Waals surface area contributed by atoms with Gasteiger partial charge in [-0.25, -0.2) is 4.39 Å². The van der Waals surface area contributed by atoms with Crippen LogP contribution in [-0.4, -0.2) is 18.5 Å². The molecule has 1 aromatic rings. The maximum absolute atomic E-state index is 13.2. The normalized spacial score (nSPS) is 18.2. The zero-order valence-corrected chi connectivity index (χ0v) is 9.73. The molecule has 0 aromatic heterocycles. The number of carbonyl (C=O) groups excluding carboxylic acids is 1. The Hall–Kier alpha value is -1.13. The van der Waals surface area contributed by atoms with Crippen molar-refractivity contribution in [2.45, 2.75) is 19.4 Å². The SMILES string of the molecule is Cc1c(F)cccc1NC(=O)[C@H]1CCN1.Cl. The van der Waals surface area contributed by atoms with Gasteiger partial charge >= 0.3 is 0 Å². The van der Waals surface area contributed by atoms with Gasteiger partial charge in [-0.3, -0.25) is 4.79 Å². The fraction of sp³-hybridized carbons (Fsp3) is 0.364. The van der Waals surface area contributed by atoms with Crippen LogP contribution in [0.5, 0.6) is 0 Å². The first-order valence-corrected chi connectivity index (χ1v) is 4.98. The van der Waals surface area contributed by atoms with E-state index in [4.69, 9.17) is 0 Å². The van der Waals surface area contributed by atoms with Crippen molar-refractivity contribution in [3.63, 3.8) is 0 Å². The molecule has 1 saturated heterocycles. The van der Waals surface area contributed by atoms with E-state index in [1.807, 2.05) is 0 Å². The lowest BCUT2D eigenvalue weighted by molar-refractivity contribution is -0.119. The second kappa shape index (κ2) is 5.27. The highest BCUT2D eigenvalue weighted by Gasteiger charge is 2.24. The van der Waals surface area contributed by atoms with Gasteiger partial charge in [-0.05, 0) is 32.0 Å². The molecule has 0 spiro atoms. The molecule has 3 nitrogen and oxygen atoms in total. The Morgan fingerprint density at radius 1 is 1.56 bits per heavy atom. The van der Waals surface area contributed by atoms with Crippen molar-refractivity contribution >= 4 is 24.0 Å². The Bertz CT molecular complexity index is 394. The lowest BCUT2D eigenvalue weighted by atomic mass is 10.1. The molecule has 0 aliphatic carbocycles. The standard InChI is InChI=1S/C11H13FN2O.ClH/c1-7-8(12)3-2-4-9(7)14-11(15)10-5-6-13-10;/h2-4,10,13H,5-6H2,1H3,(H,14,15);1H/t10-;/m1./s1. The summed E-state index contributed by atoms with van der Waals surface area (Å²) < 4.78 is 13.2. The minimum absolute atomic E-state index is 0.